The molecule has 0 unspecified atom stereocenters. The van der Waals surface area contributed by atoms with E-state index in [-0.39, 0.29) is 0 Å². The van der Waals surface area contributed by atoms with Crippen LogP contribution in [0, 0.1) is 0 Å². The van der Waals surface area contributed by atoms with Gasteiger partial charge in [0.1, 0.15) is 12.1 Å². The molecule has 0 spiro atoms. The molecule has 88 valence electrons. The van der Waals surface area contributed by atoms with E-state index in [4.69, 9.17) is 4.98 Å². The summed E-state index contributed by atoms with van der Waals surface area (Å²) < 4.78 is 2.18. The van der Waals surface area contributed by atoms with Gasteiger partial charge in [-0.05, 0) is 31.0 Å². The van der Waals surface area contributed by atoms with Crippen molar-refractivity contribution in [3.8, 4) is 0 Å². The number of aryl methyl sites for hydroxylation is 1. The maximum Gasteiger partial charge on any atom is 0.150 e. The Labute approximate surface area is 100 Å². The number of nitrogens with zero attached hydrogens (tertiary/aromatic N) is 2. The van der Waals surface area contributed by atoms with Crippen LogP contribution in [0.5, 0.6) is 0 Å². The third-order valence-corrected chi connectivity index (χ3v) is 3.80. The molecule has 0 saturated heterocycles. The zero-order valence-corrected chi connectivity index (χ0v) is 10.0. The van der Waals surface area contributed by atoms with E-state index in [0.717, 1.165) is 17.3 Å². The number of hydrogen-bond acceptors (Lipinski definition) is 2. The zero-order valence-electron chi connectivity index (χ0n) is 10.0. The van der Waals surface area contributed by atoms with Crippen molar-refractivity contribution < 1.29 is 4.79 Å². The monoisotopic (exact) mass is 228 g/mol. The Morgan fingerprint density at radius 2 is 2.12 bits per heavy atom. The summed E-state index contributed by atoms with van der Waals surface area (Å²) in [5.41, 5.74) is 2.77. The van der Waals surface area contributed by atoms with Gasteiger partial charge in [-0.3, -0.25) is 4.79 Å². The van der Waals surface area contributed by atoms with Gasteiger partial charge in [-0.25, -0.2) is 4.98 Å². The van der Waals surface area contributed by atoms with Crippen molar-refractivity contribution in [2.24, 2.45) is 7.05 Å². The first-order chi connectivity index (χ1) is 8.29. The highest BCUT2D eigenvalue weighted by atomic mass is 16.1. The summed E-state index contributed by atoms with van der Waals surface area (Å²) >= 11 is 0. The number of aldehydes is 1. The van der Waals surface area contributed by atoms with Crippen molar-refractivity contribution in [1.29, 1.82) is 0 Å². The van der Waals surface area contributed by atoms with Gasteiger partial charge in [-0.2, -0.15) is 0 Å². The van der Waals surface area contributed by atoms with E-state index in [0.29, 0.717) is 11.5 Å². The molecule has 1 aliphatic rings. The van der Waals surface area contributed by atoms with Gasteiger partial charge in [0.2, 0.25) is 0 Å². The van der Waals surface area contributed by atoms with Crippen molar-refractivity contribution >= 4 is 17.3 Å². The van der Waals surface area contributed by atoms with Crippen LogP contribution in [0.2, 0.25) is 0 Å². The fourth-order valence-electron chi connectivity index (χ4n) is 2.86. The summed E-state index contributed by atoms with van der Waals surface area (Å²) in [5, 5.41) is 0. The van der Waals surface area contributed by atoms with Crippen molar-refractivity contribution in [2.75, 3.05) is 0 Å². The van der Waals surface area contributed by atoms with Crippen LogP contribution in [0.3, 0.4) is 0 Å². The lowest BCUT2D eigenvalue weighted by Crippen LogP contribution is -2.02. The summed E-state index contributed by atoms with van der Waals surface area (Å²) in [6.45, 7) is 0. The van der Waals surface area contributed by atoms with Crippen molar-refractivity contribution in [1.82, 2.24) is 9.55 Å². The molecule has 0 aliphatic heterocycles. The van der Waals surface area contributed by atoms with Gasteiger partial charge in [-0.15, -0.1) is 0 Å². The molecule has 0 amide bonds. The molecular weight excluding hydrogens is 212 g/mol. The minimum absolute atomic E-state index is 0.604. The Morgan fingerprint density at radius 1 is 1.35 bits per heavy atom. The van der Waals surface area contributed by atoms with Crippen LogP contribution < -0.4 is 0 Å². The van der Waals surface area contributed by atoms with E-state index >= 15 is 0 Å². The van der Waals surface area contributed by atoms with E-state index < -0.39 is 0 Å². The van der Waals surface area contributed by atoms with Gasteiger partial charge < -0.3 is 4.57 Å². The summed E-state index contributed by atoms with van der Waals surface area (Å²) in [6.07, 6.45) is 6.00. The number of carbonyl (C=O) groups is 1. The lowest BCUT2D eigenvalue weighted by atomic mass is 10.1. The van der Waals surface area contributed by atoms with Gasteiger partial charge in [0.25, 0.3) is 0 Å². The first-order valence-electron chi connectivity index (χ1n) is 6.21. The van der Waals surface area contributed by atoms with Gasteiger partial charge >= 0.3 is 0 Å². The van der Waals surface area contributed by atoms with Gasteiger partial charge in [0.05, 0.1) is 11.0 Å². The second kappa shape index (κ2) is 3.99. The number of benzene rings is 1. The number of imidazole rings is 1. The zero-order chi connectivity index (χ0) is 11.8. The molecule has 0 bridgehead atoms. The molecular formula is C14H16N2O. The highest BCUT2D eigenvalue weighted by Crippen LogP contribution is 2.34. The van der Waals surface area contributed by atoms with Crippen molar-refractivity contribution in [3.05, 3.63) is 29.6 Å². The van der Waals surface area contributed by atoms with E-state index in [2.05, 4.69) is 11.6 Å². The molecule has 0 radical (unpaired) electrons. The highest BCUT2D eigenvalue weighted by molar-refractivity contribution is 5.85. The minimum Gasteiger partial charge on any atom is -0.331 e. The molecule has 1 fully saturated rings. The van der Waals surface area contributed by atoms with Gasteiger partial charge in [-0.1, -0.05) is 12.8 Å². The average Bonchev–Trinajstić information content (AvgIpc) is 2.97. The molecule has 0 N–H and O–H groups in total. The van der Waals surface area contributed by atoms with Crippen LogP contribution in [0.4, 0.5) is 0 Å². The first-order valence-corrected chi connectivity index (χ1v) is 6.21. The molecule has 3 heteroatoms. The van der Waals surface area contributed by atoms with Crippen LogP contribution in [0.1, 0.15) is 47.8 Å². The van der Waals surface area contributed by atoms with E-state index in [1.54, 1.807) is 0 Å². The molecule has 1 aromatic heterocycles. The molecule has 3 rings (SSSR count). The van der Waals surface area contributed by atoms with Crippen LogP contribution in [0.15, 0.2) is 18.2 Å². The van der Waals surface area contributed by atoms with E-state index in [9.17, 15) is 4.79 Å². The molecule has 1 aliphatic carbocycles. The SMILES string of the molecule is Cn1c(C2CCCC2)nc2cc(C=O)ccc21. The third-order valence-electron chi connectivity index (χ3n) is 3.80. The Kier molecular flexibility index (Phi) is 2.46. The standard InChI is InChI=1S/C14H16N2O/c1-16-13-7-6-10(9-17)8-12(13)15-14(16)11-4-2-3-5-11/h6-9,11H,2-5H2,1H3. The van der Waals surface area contributed by atoms with Crippen LogP contribution in [0.25, 0.3) is 11.0 Å². The maximum atomic E-state index is 10.8. The van der Waals surface area contributed by atoms with E-state index in [1.165, 1.54) is 31.5 Å². The summed E-state index contributed by atoms with van der Waals surface area (Å²) in [4.78, 5) is 15.5. The molecule has 1 aromatic carbocycles. The summed E-state index contributed by atoms with van der Waals surface area (Å²) in [6, 6.07) is 5.72. The number of fused-ring (bicyclic) bond motifs is 1. The Balaban J connectivity index is 2.13. The second-order valence-corrected chi connectivity index (χ2v) is 4.88. The largest absolute Gasteiger partial charge is 0.331 e. The number of aromatic nitrogens is 2. The maximum absolute atomic E-state index is 10.8. The number of rotatable bonds is 2. The fraction of sp³-hybridized carbons (Fsp3) is 0.429. The van der Waals surface area contributed by atoms with Crippen LogP contribution in [-0.4, -0.2) is 15.8 Å². The summed E-state index contributed by atoms with van der Waals surface area (Å²) in [7, 11) is 2.07. The first kappa shape index (κ1) is 10.5. The van der Waals surface area contributed by atoms with Gasteiger partial charge in [0.15, 0.2) is 0 Å². The predicted molar refractivity (Wildman–Crippen MR) is 67.3 cm³/mol. The second-order valence-electron chi connectivity index (χ2n) is 4.88. The number of carbonyl (C=O) groups excluding carboxylic acids is 1. The number of hydrogen-bond donors (Lipinski definition) is 0. The Morgan fingerprint density at radius 3 is 2.82 bits per heavy atom. The lowest BCUT2D eigenvalue weighted by molar-refractivity contribution is 0.112. The van der Waals surface area contributed by atoms with E-state index in [1.807, 2.05) is 18.2 Å². The third kappa shape index (κ3) is 1.66. The Bertz CT molecular complexity index is 565. The summed E-state index contributed by atoms with van der Waals surface area (Å²) in [5.74, 6) is 1.78. The quantitative estimate of drug-likeness (QED) is 0.740. The van der Waals surface area contributed by atoms with Crippen molar-refractivity contribution in [2.45, 2.75) is 31.6 Å². The van der Waals surface area contributed by atoms with Crippen molar-refractivity contribution in [3.63, 3.8) is 0 Å². The molecule has 1 saturated carbocycles. The minimum atomic E-state index is 0.604. The molecule has 0 atom stereocenters. The molecule has 1 heterocycles. The molecule has 3 nitrogen and oxygen atoms in total. The van der Waals surface area contributed by atoms with Crippen LogP contribution >= 0.6 is 0 Å². The highest BCUT2D eigenvalue weighted by Gasteiger charge is 2.22. The molecule has 2 aromatic rings. The predicted octanol–water partition coefficient (Wildman–Crippen LogP) is 3.04. The smallest absolute Gasteiger partial charge is 0.150 e. The van der Waals surface area contributed by atoms with Gasteiger partial charge in [0, 0.05) is 18.5 Å². The van der Waals surface area contributed by atoms with Crippen LogP contribution in [-0.2, 0) is 7.05 Å². The lowest BCUT2D eigenvalue weighted by Gasteiger charge is -2.08. The average molecular weight is 228 g/mol. The normalized spacial score (nSPS) is 16.8. The topological polar surface area (TPSA) is 34.9 Å². The molecule has 17 heavy (non-hydrogen) atoms. The Hall–Kier alpha value is -1.64. The fourth-order valence-corrected chi connectivity index (χ4v) is 2.86.